The van der Waals surface area contributed by atoms with E-state index in [2.05, 4.69) is 70.3 Å². The predicted molar refractivity (Wildman–Crippen MR) is 148 cm³/mol. The molecule has 0 bridgehead atoms. The molecule has 3 rings (SSSR count). The lowest BCUT2D eigenvalue weighted by atomic mass is 9.93. The first-order valence-corrected chi connectivity index (χ1v) is 13.1. The van der Waals surface area contributed by atoms with E-state index in [9.17, 15) is 14.7 Å². The first-order chi connectivity index (χ1) is 17.6. The largest absolute Gasteiger partial charge is 0.489 e. The highest BCUT2D eigenvalue weighted by Crippen LogP contribution is 2.26. The molecule has 1 atom stereocenters. The summed E-state index contributed by atoms with van der Waals surface area (Å²) in [6.07, 6.45) is 2.01. The molecule has 3 aromatic carbocycles. The Balaban J connectivity index is 1.86. The monoisotopic (exact) mass is 501 g/mol. The number of carboxylic acids is 1. The summed E-state index contributed by atoms with van der Waals surface area (Å²) in [6, 6.07) is 19.8. The van der Waals surface area contributed by atoms with Gasteiger partial charge in [0.1, 0.15) is 12.4 Å². The van der Waals surface area contributed by atoms with Gasteiger partial charge >= 0.3 is 5.97 Å². The average molecular weight is 502 g/mol. The number of carbonyl (C=O) groups excluding carboxylic acids is 1. The highest BCUT2D eigenvalue weighted by Gasteiger charge is 2.21. The lowest BCUT2D eigenvalue weighted by Crippen LogP contribution is -2.30. The van der Waals surface area contributed by atoms with E-state index >= 15 is 0 Å². The molecule has 1 amide bonds. The lowest BCUT2D eigenvalue weighted by Gasteiger charge is -2.23. The second-order valence-electron chi connectivity index (χ2n) is 10.2. The van der Waals surface area contributed by atoms with Gasteiger partial charge in [-0.3, -0.25) is 9.59 Å². The number of hydrogen-bond donors (Lipinski definition) is 2. The highest BCUT2D eigenvalue weighted by atomic mass is 16.5. The van der Waals surface area contributed by atoms with Crippen molar-refractivity contribution >= 4 is 11.9 Å². The van der Waals surface area contributed by atoms with Gasteiger partial charge in [0.25, 0.3) is 5.91 Å². The molecule has 0 saturated heterocycles. The van der Waals surface area contributed by atoms with E-state index in [0.717, 1.165) is 35.1 Å². The second kappa shape index (κ2) is 13.1. The van der Waals surface area contributed by atoms with Crippen LogP contribution in [0.3, 0.4) is 0 Å². The number of carbonyl (C=O) groups is 2. The fourth-order valence-electron chi connectivity index (χ4n) is 4.55. The summed E-state index contributed by atoms with van der Waals surface area (Å²) in [5.41, 5.74) is 6.86. The van der Waals surface area contributed by atoms with Gasteiger partial charge in [-0.25, -0.2) is 0 Å². The third-order valence-electron chi connectivity index (χ3n) is 6.43. The van der Waals surface area contributed by atoms with E-state index in [1.165, 1.54) is 5.56 Å². The maximum absolute atomic E-state index is 13.6. The minimum Gasteiger partial charge on any atom is -0.489 e. The summed E-state index contributed by atoms with van der Waals surface area (Å²) in [7, 11) is 0. The molecule has 0 radical (unpaired) electrons. The molecule has 0 heterocycles. The molecular formula is C32H39NO4. The molecule has 0 spiro atoms. The van der Waals surface area contributed by atoms with Crippen LogP contribution < -0.4 is 10.1 Å². The number of hydrogen-bond acceptors (Lipinski definition) is 3. The fraction of sp³-hybridized carbons (Fsp3) is 0.375. The number of aliphatic carboxylic acids is 1. The standard InChI is InChI=1S/C32H39NO4/c1-6-24-7-9-25(10-8-24)20-37-28-13-11-26(12-14-31(34)35)29(19-28)32(36)33-30(15-21(2)3)27-17-22(4)16-23(5)18-27/h7-11,13,16-19,21,30H,6,12,14-15,20H2,1-5H3,(H,33,36)(H,34,35). The first-order valence-electron chi connectivity index (χ1n) is 13.1. The van der Waals surface area contributed by atoms with Crippen LogP contribution >= 0.6 is 0 Å². The van der Waals surface area contributed by atoms with Crippen LogP contribution in [-0.4, -0.2) is 17.0 Å². The average Bonchev–Trinajstić information content (AvgIpc) is 2.85. The molecule has 0 aliphatic carbocycles. The zero-order valence-corrected chi connectivity index (χ0v) is 22.6. The van der Waals surface area contributed by atoms with Gasteiger partial charge in [-0.05, 0) is 73.4 Å². The van der Waals surface area contributed by atoms with Gasteiger partial charge in [-0.15, -0.1) is 0 Å². The van der Waals surface area contributed by atoms with Gasteiger partial charge in [0.05, 0.1) is 6.04 Å². The van der Waals surface area contributed by atoms with E-state index in [-0.39, 0.29) is 24.8 Å². The van der Waals surface area contributed by atoms with Gasteiger partial charge in [0.15, 0.2) is 0 Å². The maximum atomic E-state index is 13.6. The van der Waals surface area contributed by atoms with Crippen molar-refractivity contribution in [3.63, 3.8) is 0 Å². The van der Waals surface area contributed by atoms with Crippen LogP contribution in [0.1, 0.15) is 83.4 Å². The van der Waals surface area contributed by atoms with Crippen molar-refractivity contribution in [3.05, 3.63) is 99.6 Å². The van der Waals surface area contributed by atoms with Gasteiger partial charge in [0, 0.05) is 12.0 Å². The summed E-state index contributed by atoms with van der Waals surface area (Å²) in [4.78, 5) is 24.9. The van der Waals surface area contributed by atoms with E-state index in [0.29, 0.717) is 29.4 Å². The summed E-state index contributed by atoms with van der Waals surface area (Å²) in [6.45, 7) is 10.9. The number of rotatable bonds is 12. The number of carboxylic acid groups (broad SMARTS) is 1. The lowest BCUT2D eigenvalue weighted by molar-refractivity contribution is -0.136. The molecule has 5 nitrogen and oxygen atoms in total. The van der Waals surface area contributed by atoms with Crippen molar-refractivity contribution < 1.29 is 19.4 Å². The second-order valence-corrected chi connectivity index (χ2v) is 10.2. The van der Waals surface area contributed by atoms with Gasteiger partial charge in [-0.2, -0.15) is 0 Å². The molecule has 0 aliphatic heterocycles. The van der Waals surface area contributed by atoms with Crippen molar-refractivity contribution in [2.75, 3.05) is 0 Å². The van der Waals surface area contributed by atoms with E-state index in [1.54, 1.807) is 6.07 Å². The van der Waals surface area contributed by atoms with Crippen molar-refractivity contribution in [3.8, 4) is 5.75 Å². The number of ether oxygens (including phenoxy) is 1. The molecule has 0 fully saturated rings. The fourth-order valence-corrected chi connectivity index (χ4v) is 4.55. The zero-order chi connectivity index (χ0) is 26.9. The molecule has 3 aromatic rings. The summed E-state index contributed by atoms with van der Waals surface area (Å²) in [5, 5.41) is 12.5. The van der Waals surface area contributed by atoms with Crippen LogP contribution in [0.4, 0.5) is 0 Å². The molecule has 1 unspecified atom stereocenters. The molecule has 0 aromatic heterocycles. The SMILES string of the molecule is CCc1ccc(COc2ccc(CCC(=O)O)c(C(=O)NC(CC(C)C)c3cc(C)cc(C)c3)c2)cc1. The van der Waals surface area contributed by atoms with Gasteiger partial charge < -0.3 is 15.2 Å². The molecule has 0 saturated carbocycles. The summed E-state index contributed by atoms with van der Waals surface area (Å²) >= 11 is 0. The van der Waals surface area contributed by atoms with Crippen LogP contribution in [0.2, 0.25) is 0 Å². The van der Waals surface area contributed by atoms with Crippen molar-refractivity contribution in [1.82, 2.24) is 5.32 Å². The normalized spacial score (nSPS) is 11.8. The van der Waals surface area contributed by atoms with Gasteiger partial charge in [0.2, 0.25) is 0 Å². The van der Waals surface area contributed by atoms with Crippen molar-refractivity contribution in [2.45, 2.75) is 73.0 Å². The smallest absolute Gasteiger partial charge is 0.303 e. The Morgan fingerprint density at radius 3 is 2.16 bits per heavy atom. The Kier molecular flexibility index (Phi) is 9.90. The number of nitrogens with one attached hydrogen (secondary N) is 1. The minimum atomic E-state index is -0.893. The Labute approximate surface area is 220 Å². The van der Waals surface area contributed by atoms with Crippen LogP contribution in [-0.2, 0) is 24.2 Å². The van der Waals surface area contributed by atoms with E-state index in [4.69, 9.17) is 4.74 Å². The van der Waals surface area contributed by atoms with Crippen LogP contribution in [0.15, 0.2) is 60.7 Å². The molecular weight excluding hydrogens is 462 g/mol. The third-order valence-corrected chi connectivity index (χ3v) is 6.43. The minimum absolute atomic E-state index is 0.0449. The van der Waals surface area contributed by atoms with E-state index in [1.807, 2.05) is 24.3 Å². The topological polar surface area (TPSA) is 75.6 Å². The molecule has 2 N–H and O–H groups in total. The molecule has 37 heavy (non-hydrogen) atoms. The Bertz CT molecular complexity index is 1190. The molecule has 5 heteroatoms. The summed E-state index contributed by atoms with van der Waals surface area (Å²) < 4.78 is 6.03. The number of benzene rings is 3. The Morgan fingerprint density at radius 1 is 0.919 bits per heavy atom. The van der Waals surface area contributed by atoms with Crippen molar-refractivity contribution in [1.29, 1.82) is 0 Å². The van der Waals surface area contributed by atoms with Crippen LogP contribution in [0.25, 0.3) is 0 Å². The Hall–Kier alpha value is -3.60. The molecule has 196 valence electrons. The quantitative estimate of drug-likeness (QED) is 0.281. The van der Waals surface area contributed by atoms with Crippen LogP contribution in [0, 0.1) is 19.8 Å². The van der Waals surface area contributed by atoms with E-state index < -0.39 is 5.97 Å². The van der Waals surface area contributed by atoms with Crippen molar-refractivity contribution in [2.24, 2.45) is 5.92 Å². The Morgan fingerprint density at radius 2 is 1.57 bits per heavy atom. The maximum Gasteiger partial charge on any atom is 0.303 e. The van der Waals surface area contributed by atoms with Crippen LogP contribution in [0.5, 0.6) is 5.75 Å². The zero-order valence-electron chi connectivity index (χ0n) is 22.6. The summed E-state index contributed by atoms with van der Waals surface area (Å²) in [5.74, 6) is -0.153. The third kappa shape index (κ3) is 8.49. The number of aryl methyl sites for hydroxylation is 4. The highest BCUT2D eigenvalue weighted by molar-refractivity contribution is 5.96. The van der Waals surface area contributed by atoms with Gasteiger partial charge in [-0.1, -0.05) is 80.4 Å². The number of amides is 1. The molecule has 0 aliphatic rings. The first kappa shape index (κ1) is 28.0. The predicted octanol–water partition coefficient (Wildman–Crippen LogP) is 6.98.